The lowest BCUT2D eigenvalue weighted by Gasteiger charge is -2.29. The monoisotopic (exact) mass is 495 g/mol. The fourth-order valence-electron chi connectivity index (χ4n) is 3.84. The number of nitrogen functional groups attached to an aromatic ring is 1. The van der Waals surface area contributed by atoms with Gasteiger partial charge in [0.2, 0.25) is 0 Å². The quantitative estimate of drug-likeness (QED) is 0.551. The summed E-state index contributed by atoms with van der Waals surface area (Å²) in [5.41, 5.74) is 7.46. The average Bonchev–Trinajstić information content (AvgIpc) is 3.27. The number of methoxy groups -OCH3 is 1. The first-order valence-electron chi connectivity index (χ1n) is 10.3. The normalized spacial score (nSPS) is 14.3. The molecule has 4 rings (SSSR count). The Morgan fingerprint density at radius 3 is 2.65 bits per heavy atom. The van der Waals surface area contributed by atoms with Gasteiger partial charge < -0.3 is 20.1 Å². The number of carbonyl (C=O) groups is 1. The summed E-state index contributed by atoms with van der Waals surface area (Å²) >= 11 is 6.46. The molecule has 1 amide bonds. The van der Waals surface area contributed by atoms with E-state index in [0.717, 1.165) is 17.2 Å². The Morgan fingerprint density at radius 2 is 2.00 bits per heavy atom. The van der Waals surface area contributed by atoms with Crippen molar-refractivity contribution in [3.63, 3.8) is 0 Å². The number of halogens is 4. The molecule has 12 heteroatoms. The molecule has 0 fully saturated rings. The fraction of sp³-hybridized carbons (Fsp3) is 0.364. The topological polar surface area (TPSA) is 103 Å². The van der Waals surface area contributed by atoms with Crippen LogP contribution in [0.2, 0.25) is 5.02 Å². The predicted molar refractivity (Wildman–Crippen MR) is 118 cm³/mol. The number of nitrogens with two attached hydrogens (primary N) is 1. The molecule has 1 atom stereocenters. The fourth-order valence-corrected chi connectivity index (χ4v) is 4.08. The lowest BCUT2D eigenvalue weighted by molar-refractivity contribution is -0.141. The van der Waals surface area contributed by atoms with Gasteiger partial charge in [0.25, 0.3) is 5.91 Å². The molecule has 0 saturated carbocycles. The molecule has 1 aliphatic heterocycles. The lowest BCUT2D eigenvalue weighted by atomic mass is 10.0. The summed E-state index contributed by atoms with van der Waals surface area (Å²) in [6, 6.07) is 4.79. The highest BCUT2D eigenvalue weighted by Gasteiger charge is 2.33. The Morgan fingerprint density at radius 1 is 1.26 bits per heavy atom. The highest BCUT2D eigenvalue weighted by molar-refractivity contribution is 6.34. The number of alkyl halides is 3. The second-order valence-electron chi connectivity index (χ2n) is 7.94. The van der Waals surface area contributed by atoms with Crippen LogP contribution in [0.1, 0.15) is 39.8 Å². The third-order valence-corrected chi connectivity index (χ3v) is 5.90. The van der Waals surface area contributed by atoms with Gasteiger partial charge in [-0.25, -0.2) is 4.98 Å². The van der Waals surface area contributed by atoms with E-state index in [2.05, 4.69) is 15.2 Å². The molecule has 0 saturated heterocycles. The van der Waals surface area contributed by atoms with Crippen molar-refractivity contribution >= 4 is 34.2 Å². The van der Waals surface area contributed by atoms with Gasteiger partial charge in [-0.05, 0) is 36.8 Å². The minimum Gasteiger partial charge on any atom is -0.383 e. The van der Waals surface area contributed by atoms with E-state index in [0.29, 0.717) is 29.9 Å². The molecule has 2 aromatic heterocycles. The number of fused-ring (bicyclic) bond motifs is 3. The minimum atomic E-state index is -4.61. The maximum atomic E-state index is 13.6. The van der Waals surface area contributed by atoms with Crippen molar-refractivity contribution in [2.45, 2.75) is 38.9 Å². The first-order chi connectivity index (χ1) is 16.1. The van der Waals surface area contributed by atoms with Crippen molar-refractivity contribution in [2.24, 2.45) is 0 Å². The number of pyridine rings is 1. The largest absolute Gasteiger partial charge is 0.435 e. The Hall–Kier alpha value is -3.02. The number of hydrogen-bond acceptors (Lipinski definition) is 7. The number of nitrogens with zero attached hydrogens (tertiary/aromatic N) is 4. The van der Waals surface area contributed by atoms with Crippen LogP contribution in [0.4, 0.5) is 19.0 Å². The summed E-state index contributed by atoms with van der Waals surface area (Å²) in [6.45, 7) is 2.51. The first kappa shape index (κ1) is 24.1. The Kier molecular flexibility index (Phi) is 6.61. The van der Waals surface area contributed by atoms with Crippen molar-refractivity contribution < 1.29 is 27.4 Å². The van der Waals surface area contributed by atoms with Crippen molar-refractivity contribution in [3.05, 3.63) is 57.4 Å². The van der Waals surface area contributed by atoms with Crippen LogP contribution < -0.4 is 5.73 Å². The van der Waals surface area contributed by atoms with Gasteiger partial charge in [0.15, 0.2) is 5.69 Å². The second-order valence-corrected chi connectivity index (χ2v) is 8.35. The summed E-state index contributed by atoms with van der Waals surface area (Å²) in [6.07, 6.45) is -4.61. The van der Waals surface area contributed by atoms with Crippen molar-refractivity contribution in [3.8, 4) is 0 Å². The molecule has 3 heterocycles. The minimum absolute atomic E-state index is 0.0932. The van der Waals surface area contributed by atoms with E-state index in [4.69, 9.17) is 26.8 Å². The number of carbonyl (C=O) groups excluding carboxylic acids is 1. The van der Waals surface area contributed by atoms with Crippen LogP contribution in [-0.2, 0) is 35.4 Å². The third kappa shape index (κ3) is 4.63. The van der Waals surface area contributed by atoms with Gasteiger partial charge in [-0.3, -0.25) is 4.79 Å². The van der Waals surface area contributed by atoms with Gasteiger partial charge in [0, 0.05) is 18.1 Å². The molecule has 1 aliphatic rings. The zero-order valence-electron chi connectivity index (χ0n) is 18.3. The summed E-state index contributed by atoms with van der Waals surface area (Å²) in [7, 11) is 1.49. The SMILES string of the molecule is COCC(C)N(Cc1ccc(C(F)(F)F)nn1)C(=O)c1cc2c3c(c(N)nc2cc1Cl)COC3. The highest BCUT2D eigenvalue weighted by Crippen LogP contribution is 2.34. The Bertz CT molecular complexity index is 1240. The molecule has 3 aromatic rings. The van der Waals surface area contributed by atoms with Crippen LogP contribution >= 0.6 is 11.6 Å². The maximum Gasteiger partial charge on any atom is 0.435 e. The Balaban J connectivity index is 1.71. The molecule has 0 aliphatic carbocycles. The molecular weight excluding hydrogens is 475 g/mol. The van der Waals surface area contributed by atoms with Crippen LogP contribution in [0.5, 0.6) is 0 Å². The van der Waals surface area contributed by atoms with Crippen LogP contribution in [0.25, 0.3) is 10.9 Å². The van der Waals surface area contributed by atoms with Crippen LogP contribution in [-0.4, -0.2) is 45.7 Å². The number of aromatic nitrogens is 3. The summed E-state index contributed by atoms with van der Waals surface area (Å²) in [5.74, 6) is -0.0889. The molecule has 0 spiro atoms. The first-order valence-corrected chi connectivity index (χ1v) is 10.7. The molecule has 1 unspecified atom stereocenters. The van der Waals surface area contributed by atoms with E-state index in [9.17, 15) is 18.0 Å². The predicted octanol–water partition coefficient (Wildman–Crippen LogP) is 3.99. The number of ether oxygens (including phenoxy) is 2. The molecule has 1 aromatic carbocycles. The number of benzene rings is 1. The number of anilines is 1. The molecule has 8 nitrogen and oxygen atoms in total. The molecule has 0 radical (unpaired) electrons. The second kappa shape index (κ2) is 9.32. The lowest BCUT2D eigenvalue weighted by Crippen LogP contribution is -2.41. The third-order valence-electron chi connectivity index (χ3n) is 5.59. The highest BCUT2D eigenvalue weighted by atomic mass is 35.5. The van der Waals surface area contributed by atoms with Crippen molar-refractivity contribution in [2.75, 3.05) is 19.5 Å². The standard InChI is InChI=1S/C22H21ClF3N5O3/c1-11(8-33-2)31(7-12-3-4-19(30-29-12)22(24,25)26)21(32)14-5-13-15-9-34-10-16(15)20(27)28-18(13)6-17(14)23/h3-6,11H,7-10H2,1-2H3,(H2,27,28). The van der Waals surface area contributed by atoms with Gasteiger partial charge in [-0.15, -0.1) is 5.10 Å². The van der Waals surface area contributed by atoms with E-state index in [1.54, 1.807) is 19.1 Å². The molecule has 180 valence electrons. The van der Waals surface area contributed by atoms with Gasteiger partial charge in [0.05, 0.1) is 54.2 Å². The molecule has 34 heavy (non-hydrogen) atoms. The van der Waals surface area contributed by atoms with Gasteiger partial charge in [-0.1, -0.05) is 11.6 Å². The zero-order chi connectivity index (χ0) is 24.6. The average molecular weight is 496 g/mol. The number of rotatable bonds is 6. The zero-order valence-corrected chi connectivity index (χ0v) is 19.1. The van der Waals surface area contributed by atoms with Gasteiger partial charge in [-0.2, -0.15) is 18.3 Å². The van der Waals surface area contributed by atoms with E-state index in [1.807, 2.05) is 0 Å². The van der Waals surface area contributed by atoms with Gasteiger partial charge in [0.1, 0.15) is 5.82 Å². The summed E-state index contributed by atoms with van der Waals surface area (Å²) in [5, 5.41) is 7.76. The smallest absolute Gasteiger partial charge is 0.383 e. The summed E-state index contributed by atoms with van der Waals surface area (Å²) in [4.78, 5) is 19.4. The Labute approximate surface area is 197 Å². The van der Waals surface area contributed by atoms with Crippen LogP contribution in [0, 0.1) is 0 Å². The maximum absolute atomic E-state index is 13.6. The van der Waals surface area contributed by atoms with Crippen molar-refractivity contribution in [1.29, 1.82) is 0 Å². The molecular formula is C22H21ClF3N5O3. The van der Waals surface area contributed by atoms with Crippen LogP contribution in [0.15, 0.2) is 24.3 Å². The van der Waals surface area contributed by atoms with E-state index < -0.39 is 23.8 Å². The number of amides is 1. The van der Waals surface area contributed by atoms with Crippen molar-refractivity contribution in [1.82, 2.24) is 20.1 Å². The summed E-state index contributed by atoms with van der Waals surface area (Å²) < 4.78 is 49.2. The van der Waals surface area contributed by atoms with E-state index >= 15 is 0 Å². The van der Waals surface area contributed by atoms with E-state index in [1.165, 1.54) is 18.1 Å². The molecule has 0 bridgehead atoms. The number of hydrogen-bond donors (Lipinski definition) is 1. The molecule has 2 N–H and O–H groups in total. The van der Waals surface area contributed by atoms with E-state index in [-0.39, 0.29) is 29.4 Å². The van der Waals surface area contributed by atoms with Gasteiger partial charge >= 0.3 is 6.18 Å². The van der Waals surface area contributed by atoms with Crippen LogP contribution in [0.3, 0.4) is 0 Å².